The van der Waals surface area contributed by atoms with Gasteiger partial charge in [0.1, 0.15) is 0 Å². The van der Waals surface area contributed by atoms with Crippen molar-refractivity contribution in [1.82, 2.24) is 0 Å². The highest BCUT2D eigenvalue weighted by atomic mass is 16.6. The van der Waals surface area contributed by atoms with Gasteiger partial charge in [-0.2, -0.15) is 0 Å². The molecule has 0 fully saturated rings. The van der Waals surface area contributed by atoms with Crippen molar-refractivity contribution in [3.8, 4) is 5.75 Å². The molecule has 5 nitrogen and oxygen atoms in total. The SMILES string of the molecule is COCCc1ccc(O)c([N+](=O)[O-])c1. The van der Waals surface area contributed by atoms with Gasteiger partial charge in [0.25, 0.3) is 0 Å². The van der Waals surface area contributed by atoms with Gasteiger partial charge >= 0.3 is 5.69 Å². The summed E-state index contributed by atoms with van der Waals surface area (Å²) in [7, 11) is 1.56. The van der Waals surface area contributed by atoms with Gasteiger partial charge < -0.3 is 9.84 Å². The second kappa shape index (κ2) is 4.57. The molecular weight excluding hydrogens is 186 g/mol. The number of nitrogens with zero attached hydrogens (tertiary/aromatic N) is 1. The smallest absolute Gasteiger partial charge is 0.310 e. The Morgan fingerprint density at radius 3 is 2.86 bits per heavy atom. The van der Waals surface area contributed by atoms with Crippen LogP contribution in [0.25, 0.3) is 0 Å². The van der Waals surface area contributed by atoms with Crippen LogP contribution in [0.1, 0.15) is 5.56 Å². The van der Waals surface area contributed by atoms with E-state index < -0.39 is 4.92 Å². The third-order valence-corrected chi connectivity index (χ3v) is 1.83. The largest absolute Gasteiger partial charge is 0.502 e. The fraction of sp³-hybridized carbons (Fsp3) is 0.333. The van der Waals surface area contributed by atoms with Crippen molar-refractivity contribution < 1.29 is 14.8 Å². The normalized spacial score (nSPS) is 10.1. The van der Waals surface area contributed by atoms with E-state index in [1.807, 2.05) is 0 Å². The number of rotatable bonds is 4. The Kier molecular flexibility index (Phi) is 3.41. The number of benzene rings is 1. The lowest BCUT2D eigenvalue weighted by atomic mass is 10.1. The molecular formula is C9H11NO4. The summed E-state index contributed by atoms with van der Waals surface area (Å²) in [5.41, 5.74) is 0.509. The molecule has 1 aromatic carbocycles. The maximum atomic E-state index is 10.5. The number of phenolic OH excluding ortho intramolecular Hbond substituents is 1. The molecule has 0 aliphatic rings. The van der Waals surface area contributed by atoms with Crippen molar-refractivity contribution in [2.45, 2.75) is 6.42 Å². The number of aromatic hydroxyl groups is 1. The first kappa shape index (κ1) is 10.5. The van der Waals surface area contributed by atoms with Crippen LogP contribution in [0, 0.1) is 10.1 Å². The number of nitro groups is 1. The van der Waals surface area contributed by atoms with Gasteiger partial charge in [0.2, 0.25) is 0 Å². The Morgan fingerprint density at radius 2 is 2.29 bits per heavy atom. The van der Waals surface area contributed by atoms with Gasteiger partial charge in [-0.25, -0.2) is 0 Å². The maximum absolute atomic E-state index is 10.5. The predicted octanol–water partition coefficient (Wildman–Crippen LogP) is 1.49. The number of hydrogen-bond acceptors (Lipinski definition) is 4. The molecule has 0 unspecified atom stereocenters. The van der Waals surface area contributed by atoms with Crippen LogP contribution < -0.4 is 0 Å². The average Bonchev–Trinajstić information content (AvgIpc) is 2.16. The van der Waals surface area contributed by atoms with Crippen molar-refractivity contribution in [1.29, 1.82) is 0 Å². The second-order valence-corrected chi connectivity index (χ2v) is 2.82. The molecule has 0 spiro atoms. The van der Waals surface area contributed by atoms with Crippen LogP contribution in [0.15, 0.2) is 18.2 Å². The van der Waals surface area contributed by atoms with Gasteiger partial charge in [-0.05, 0) is 18.1 Å². The highest BCUT2D eigenvalue weighted by Crippen LogP contribution is 2.26. The minimum Gasteiger partial charge on any atom is -0.502 e. The molecule has 0 radical (unpaired) electrons. The summed E-state index contributed by atoms with van der Waals surface area (Å²) in [5.74, 6) is -0.309. The minimum absolute atomic E-state index is 0.265. The molecule has 0 aliphatic carbocycles. The highest BCUT2D eigenvalue weighted by Gasteiger charge is 2.12. The summed E-state index contributed by atoms with van der Waals surface area (Å²) in [6.45, 7) is 0.502. The Labute approximate surface area is 81.1 Å². The molecule has 1 rings (SSSR count). The van der Waals surface area contributed by atoms with Gasteiger partial charge in [-0.15, -0.1) is 0 Å². The lowest BCUT2D eigenvalue weighted by molar-refractivity contribution is -0.385. The van der Waals surface area contributed by atoms with E-state index in [-0.39, 0.29) is 11.4 Å². The lowest BCUT2D eigenvalue weighted by Crippen LogP contribution is -1.96. The first-order chi connectivity index (χ1) is 6.65. The van der Waals surface area contributed by atoms with Crippen molar-refractivity contribution in [3.05, 3.63) is 33.9 Å². The fourth-order valence-electron chi connectivity index (χ4n) is 1.09. The van der Waals surface area contributed by atoms with Crippen LogP contribution >= 0.6 is 0 Å². The van der Waals surface area contributed by atoms with Gasteiger partial charge in [0.15, 0.2) is 5.75 Å². The zero-order chi connectivity index (χ0) is 10.6. The van der Waals surface area contributed by atoms with E-state index >= 15 is 0 Å². The summed E-state index contributed by atoms with van der Waals surface area (Å²) in [6.07, 6.45) is 0.595. The molecule has 1 N–H and O–H groups in total. The number of nitro benzene ring substituents is 1. The minimum atomic E-state index is -0.606. The molecule has 0 aromatic heterocycles. The molecule has 5 heteroatoms. The summed E-state index contributed by atoms with van der Waals surface area (Å²) in [6, 6.07) is 4.32. The standard InChI is InChI=1S/C9H11NO4/c1-14-5-4-7-2-3-9(11)8(6-7)10(12)13/h2-3,6,11H,4-5H2,1H3. The molecule has 76 valence electrons. The van der Waals surface area contributed by atoms with Gasteiger partial charge in [-0.1, -0.05) is 6.07 Å². The number of hydrogen-bond donors (Lipinski definition) is 1. The molecule has 0 atom stereocenters. The number of phenols is 1. The molecule has 0 amide bonds. The van der Waals surface area contributed by atoms with Crippen molar-refractivity contribution in [2.24, 2.45) is 0 Å². The quantitative estimate of drug-likeness (QED) is 0.586. The number of ether oxygens (including phenoxy) is 1. The predicted molar refractivity (Wildman–Crippen MR) is 50.3 cm³/mol. The molecule has 1 aromatic rings. The summed E-state index contributed by atoms with van der Waals surface area (Å²) >= 11 is 0. The van der Waals surface area contributed by atoms with Crippen molar-refractivity contribution >= 4 is 5.69 Å². The average molecular weight is 197 g/mol. The first-order valence-corrected chi connectivity index (χ1v) is 4.10. The van der Waals surface area contributed by atoms with E-state index in [1.54, 1.807) is 13.2 Å². The zero-order valence-corrected chi connectivity index (χ0v) is 7.77. The van der Waals surface area contributed by atoms with E-state index in [4.69, 9.17) is 9.84 Å². The molecule has 0 aliphatic heterocycles. The first-order valence-electron chi connectivity index (χ1n) is 4.10. The van der Waals surface area contributed by atoms with Crippen LogP contribution in [0.3, 0.4) is 0 Å². The van der Waals surface area contributed by atoms with Crippen LogP contribution in [-0.2, 0) is 11.2 Å². The van der Waals surface area contributed by atoms with Gasteiger partial charge in [0.05, 0.1) is 11.5 Å². The van der Waals surface area contributed by atoms with E-state index in [0.717, 1.165) is 5.56 Å². The molecule has 0 saturated carbocycles. The Hall–Kier alpha value is -1.62. The second-order valence-electron chi connectivity index (χ2n) is 2.82. The molecule has 0 heterocycles. The van der Waals surface area contributed by atoms with Crippen LogP contribution in [-0.4, -0.2) is 23.7 Å². The monoisotopic (exact) mass is 197 g/mol. The van der Waals surface area contributed by atoms with Crippen LogP contribution in [0.4, 0.5) is 5.69 Å². The molecule has 0 saturated heterocycles. The van der Waals surface area contributed by atoms with Crippen LogP contribution in [0.5, 0.6) is 5.75 Å². The Bertz CT molecular complexity index is 338. The van der Waals surface area contributed by atoms with E-state index in [9.17, 15) is 10.1 Å². The third-order valence-electron chi connectivity index (χ3n) is 1.83. The van der Waals surface area contributed by atoms with Gasteiger partial charge in [0, 0.05) is 13.2 Å². The maximum Gasteiger partial charge on any atom is 0.310 e. The third kappa shape index (κ3) is 2.43. The van der Waals surface area contributed by atoms with E-state index in [2.05, 4.69) is 0 Å². The van der Waals surface area contributed by atoms with E-state index in [1.165, 1.54) is 12.1 Å². The highest BCUT2D eigenvalue weighted by molar-refractivity contribution is 5.47. The fourth-order valence-corrected chi connectivity index (χ4v) is 1.09. The Morgan fingerprint density at radius 1 is 1.57 bits per heavy atom. The number of methoxy groups -OCH3 is 1. The zero-order valence-electron chi connectivity index (χ0n) is 7.77. The topological polar surface area (TPSA) is 72.6 Å². The summed E-state index contributed by atoms with van der Waals surface area (Å²) in [4.78, 5) is 9.86. The van der Waals surface area contributed by atoms with E-state index in [0.29, 0.717) is 13.0 Å². The Balaban J connectivity index is 2.89. The van der Waals surface area contributed by atoms with Crippen LogP contribution in [0.2, 0.25) is 0 Å². The lowest BCUT2D eigenvalue weighted by Gasteiger charge is -2.01. The summed E-state index contributed by atoms with van der Waals surface area (Å²) in [5, 5.41) is 19.6. The van der Waals surface area contributed by atoms with Crippen molar-refractivity contribution in [3.63, 3.8) is 0 Å². The molecule has 14 heavy (non-hydrogen) atoms. The molecule has 0 bridgehead atoms. The summed E-state index contributed by atoms with van der Waals surface area (Å²) < 4.78 is 4.84. The van der Waals surface area contributed by atoms with Gasteiger partial charge in [-0.3, -0.25) is 10.1 Å². The van der Waals surface area contributed by atoms with Crippen molar-refractivity contribution in [2.75, 3.05) is 13.7 Å².